The largest absolute Gasteiger partial charge is 0.386 e. The highest BCUT2D eigenvalue weighted by Gasteiger charge is 2.15. The summed E-state index contributed by atoms with van der Waals surface area (Å²) < 4.78 is 0. The SMILES string of the molecule is CC1(O)/C=C\CCCCC1. The van der Waals surface area contributed by atoms with Crippen molar-refractivity contribution in [2.75, 3.05) is 0 Å². The first-order valence-corrected chi connectivity index (χ1v) is 4.11. The molecule has 0 saturated heterocycles. The zero-order valence-corrected chi connectivity index (χ0v) is 6.64. The van der Waals surface area contributed by atoms with Gasteiger partial charge in [0.1, 0.15) is 0 Å². The fourth-order valence-electron chi connectivity index (χ4n) is 1.34. The minimum atomic E-state index is -0.527. The van der Waals surface area contributed by atoms with Gasteiger partial charge in [0.05, 0.1) is 5.60 Å². The summed E-state index contributed by atoms with van der Waals surface area (Å²) in [6.07, 6.45) is 9.80. The molecular weight excluding hydrogens is 124 g/mol. The highest BCUT2D eigenvalue weighted by Crippen LogP contribution is 2.19. The Balaban J connectivity index is 2.49. The summed E-state index contributed by atoms with van der Waals surface area (Å²) in [6, 6.07) is 0. The molecule has 1 aliphatic carbocycles. The summed E-state index contributed by atoms with van der Waals surface area (Å²) in [4.78, 5) is 0. The first-order valence-electron chi connectivity index (χ1n) is 4.11. The van der Waals surface area contributed by atoms with Crippen molar-refractivity contribution in [3.8, 4) is 0 Å². The van der Waals surface area contributed by atoms with Crippen molar-refractivity contribution in [1.29, 1.82) is 0 Å². The summed E-state index contributed by atoms with van der Waals surface area (Å²) in [5, 5.41) is 9.59. The molecule has 0 aromatic carbocycles. The van der Waals surface area contributed by atoms with Gasteiger partial charge in [0.25, 0.3) is 0 Å². The quantitative estimate of drug-likeness (QED) is 0.512. The topological polar surface area (TPSA) is 20.2 Å². The molecule has 10 heavy (non-hydrogen) atoms. The van der Waals surface area contributed by atoms with Crippen LogP contribution in [0, 0.1) is 0 Å². The van der Waals surface area contributed by atoms with Crippen LogP contribution in [-0.2, 0) is 0 Å². The van der Waals surface area contributed by atoms with Crippen LogP contribution in [0.4, 0.5) is 0 Å². The van der Waals surface area contributed by atoms with E-state index in [1.54, 1.807) is 0 Å². The lowest BCUT2D eigenvalue weighted by atomic mass is 9.94. The summed E-state index contributed by atoms with van der Waals surface area (Å²) in [5.41, 5.74) is -0.527. The first-order chi connectivity index (χ1) is 4.71. The van der Waals surface area contributed by atoms with Gasteiger partial charge < -0.3 is 5.11 Å². The molecule has 58 valence electrons. The third-order valence-corrected chi connectivity index (χ3v) is 2.03. The van der Waals surface area contributed by atoms with Crippen LogP contribution in [0.5, 0.6) is 0 Å². The fraction of sp³-hybridized carbons (Fsp3) is 0.778. The number of aliphatic hydroxyl groups is 1. The van der Waals surface area contributed by atoms with Crippen LogP contribution in [0.25, 0.3) is 0 Å². The molecule has 0 saturated carbocycles. The zero-order chi connectivity index (χ0) is 7.45. The molecule has 1 rings (SSSR count). The van der Waals surface area contributed by atoms with E-state index in [-0.39, 0.29) is 0 Å². The maximum Gasteiger partial charge on any atom is 0.0799 e. The standard InChI is InChI=1S/C9H16O/c1-9(10)7-5-3-2-4-6-8-9/h5,7,10H,2-4,6,8H2,1H3/b7-5-. The number of hydrogen-bond acceptors (Lipinski definition) is 1. The van der Waals surface area contributed by atoms with Crippen molar-refractivity contribution < 1.29 is 5.11 Å². The molecule has 0 radical (unpaired) electrons. The second-order valence-corrected chi connectivity index (χ2v) is 3.36. The molecule has 0 aromatic heterocycles. The average molecular weight is 140 g/mol. The molecule has 1 unspecified atom stereocenters. The van der Waals surface area contributed by atoms with Gasteiger partial charge in [-0.3, -0.25) is 0 Å². The maximum atomic E-state index is 9.59. The second-order valence-electron chi connectivity index (χ2n) is 3.36. The van der Waals surface area contributed by atoms with Crippen molar-refractivity contribution in [2.24, 2.45) is 0 Å². The summed E-state index contributed by atoms with van der Waals surface area (Å²) in [6.45, 7) is 1.88. The van der Waals surface area contributed by atoms with Crippen molar-refractivity contribution >= 4 is 0 Å². The monoisotopic (exact) mass is 140 g/mol. The zero-order valence-electron chi connectivity index (χ0n) is 6.64. The molecule has 0 heterocycles. The van der Waals surface area contributed by atoms with Crippen LogP contribution < -0.4 is 0 Å². The molecule has 1 heteroatoms. The molecule has 0 bridgehead atoms. The van der Waals surface area contributed by atoms with E-state index in [9.17, 15) is 5.11 Å². The van der Waals surface area contributed by atoms with E-state index >= 15 is 0 Å². The minimum absolute atomic E-state index is 0.527. The molecule has 1 atom stereocenters. The summed E-state index contributed by atoms with van der Waals surface area (Å²) >= 11 is 0. The van der Waals surface area contributed by atoms with Gasteiger partial charge in [0, 0.05) is 0 Å². The Labute approximate surface area is 62.8 Å². The molecule has 1 aliphatic rings. The Morgan fingerprint density at radius 1 is 1.30 bits per heavy atom. The van der Waals surface area contributed by atoms with Gasteiger partial charge in [0.15, 0.2) is 0 Å². The van der Waals surface area contributed by atoms with Crippen LogP contribution in [0.15, 0.2) is 12.2 Å². The van der Waals surface area contributed by atoms with E-state index in [0.717, 1.165) is 19.3 Å². The average Bonchev–Trinajstić information content (AvgIpc) is 1.81. The third kappa shape index (κ3) is 2.53. The van der Waals surface area contributed by atoms with E-state index in [1.807, 2.05) is 13.0 Å². The molecule has 1 nitrogen and oxygen atoms in total. The Morgan fingerprint density at radius 3 is 2.90 bits per heavy atom. The van der Waals surface area contributed by atoms with Crippen molar-refractivity contribution in [2.45, 2.75) is 44.6 Å². The Morgan fingerprint density at radius 2 is 2.10 bits per heavy atom. The van der Waals surface area contributed by atoms with Gasteiger partial charge in [-0.05, 0) is 26.2 Å². The minimum Gasteiger partial charge on any atom is -0.386 e. The molecule has 0 aliphatic heterocycles. The van der Waals surface area contributed by atoms with Crippen LogP contribution in [-0.4, -0.2) is 10.7 Å². The van der Waals surface area contributed by atoms with Crippen molar-refractivity contribution in [3.63, 3.8) is 0 Å². The Kier molecular flexibility index (Phi) is 2.50. The normalized spacial score (nSPS) is 38.2. The van der Waals surface area contributed by atoms with Gasteiger partial charge in [-0.2, -0.15) is 0 Å². The summed E-state index contributed by atoms with van der Waals surface area (Å²) in [7, 11) is 0. The second kappa shape index (κ2) is 3.20. The maximum absolute atomic E-state index is 9.59. The third-order valence-electron chi connectivity index (χ3n) is 2.03. The van der Waals surface area contributed by atoms with Gasteiger partial charge in [0.2, 0.25) is 0 Å². The molecule has 0 fully saturated rings. The van der Waals surface area contributed by atoms with E-state index in [4.69, 9.17) is 0 Å². The molecule has 0 amide bonds. The van der Waals surface area contributed by atoms with Crippen LogP contribution in [0.3, 0.4) is 0 Å². The number of rotatable bonds is 0. The lowest BCUT2D eigenvalue weighted by Crippen LogP contribution is -2.20. The summed E-state index contributed by atoms with van der Waals surface area (Å²) in [5.74, 6) is 0. The Bertz CT molecular complexity index is 125. The van der Waals surface area contributed by atoms with Crippen molar-refractivity contribution in [1.82, 2.24) is 0 Å². The highest BCUT2D eigenvalue weighted by molar-refractivity contribution is 4.98. The highest BCUT2D eigenvalue weighted by atomic mass is 16.3. The van der Waals surface area contributed by atoms with E-state index in [0.29, 0.717) is 0 Å². The molecular formula is C9H16O. The van der Waals surface area contributed by atoms with E-state index in [1.165, 1.54) is 12.8 Å². The molecule has 0 spiro atoms. The Hall–Kier alpha value is -0.300. The van der Waals surface area contributed by atoms with Crippen LogP contribution >= 0.6 is 0 Å². The molecule has 0 aromatic rings. The van der Waals surface area contributed by atoms with Crippen LogP contribution in [0.1, 0.15) is 39.0 Å². The number of allylic oxidation sites excluding steroid dienone is 1. The fourth-order valence-corrected chi connectivity index (χ4v) is 1.34. The van der Waals surface area contributed by atoms with Gasteiger partial charge >= 0.3 is 0 Å². The molecule has 1 N–H and O–H groups in total. The lowest BCUT2D eigenvalue weighted by Gasteiger charge is -2.20. The lowest BCUT2D eigenvalue weighted by molar-refractivity contribution is 0.0969. The van der Waals surface area contributed by atoms with Gasteiger partial charge in [-0.1, -0.05) is 25.0 Å². The smallest absolute Gasteiger partial charge is 0.0799 e. The van der Waals surface area contributed by atoms with Crippen LogP contribution in [0.2, 0.25) is 0 Å². The predicted molar refractivity (Wildman–Crippen MR) is 42.8 cm³/mol. The number of hydrogen-bond donors (Lipinski definition) is 1. The van der Waals surface area contributed by atoms with E-state index < -0.39 is 5.60 Å². The predicted octanol–water partition coefficient (Wildman–Crippen LogP) is 2.26. The first kappa shape index (κ1) is 7.80. The van der Waals surface area contributed by atoms with Gasteiger partial charge in [-0.25, -0.2) is 0 Å². The van der Waals surface area contributed by atoms with Gasteiger partial charge in [-0.15, -0.1) is 0 Å². The van der Waals surface area contributed by atoms with E-state index in [2.05, 4.69) is 6.08 Å². The van der Waals surface area contributed by atoms with Crippen molar-refractivity contribution in [3.05, 3.63) is 12.2 Å².